The Kier molecular flexibility index (Phi) is 6.43. The number of hydrogen-bond donors (Lipinski definition) is 2. The van der Waals surface area contributed by atoms with E-state index in [1.165, 1.54) is 6.92 Å². The molecule has 1 aliphatic rings. The van der Waals surface area contributed by atoms with Gasteiger partial charge in [-0.05, 0) is 44.7 Å². The van der Waals surface area contributed by atoms with Crippen molar-refractivity contribution in [3.8, 4) is 0 Å². The number of nitrogens with zero attached hydrogens (tertiary/aromatic N) is 1. The molecule has 1 aliphatic heterocycles. The van der Waals surface area contributed by atoms with Crippen molar-refractivity contribution >= 4 is 29.5 Å². The Balaban J connectivity index is 1.97. The number of urea groups is 1. The van der Waals surface area contributed by atoms with Gasteiger partial charge in [-0.2, -0.15) is 0 Å². The average molecular weight is 389 g/mol. The fraction of sp³-hybridized carbons (Fsp3) is 0.500. The van der Waals surface area contributed by atoms with Crippen molar-refractivity contribution < 1.29 is 23.9 Å². The maximum atomic E-state index is 12.4. The van der Waals surface area contributed by atoms with Gasteiger partial charge in [-0.25, -0.2) is 4.79 Å². The molecule has 2 atom stereocenters. The van der Waals surface area contributed by atoms with Gasteiger partial charge in [-0.15, -0.1) is 0 Å². The van der Waals surface area contributed by atoms with Crippen molar-refractivity contribution in [3.63, 3.8) is 0 Å². The quantitative estimate of drug-likeness (QED) is 0.550. The maximum Gasteiger partial charge on any atom is 0.327 e. The molecule has 0 radical (unpaired) electrons. The number of rotatable bonds is 7. The second kappa shape index (κ2) is 8.41. The summed E-state index contributed by atoms with van der Waals surface area (Å²) in [5, 5.41) is 5.26. The Morgan fingerprint density at radius 1 is 1.21 bits per heavy atom. The first-order chi connectivity index (χ1) is 13.1. The number of anilines is 1. The van der Waals surface area contributed by atoms with Crippen LogP contribution in [0.4, 0.5) is 10.5 Å². The van der Waals surface area contributed by atoms with E-state index in [2.05, 4.69) is 24.5 Å². The summed E-state index contributed by atoms with van der Waals surface area (Å²) in [4.78, 5) is 49.3. The Morgan fingerprint density at radius 2 is 1.86 bits per heavy atom. The zero-order valence-corrected chi connectivity index (χ0v) is 16.9. The molecule has 8 nitrogen and oxygen atoms in total. The fourth-order valence-corrected chi connectivity index (χ4v) is 2.87. The lowest BCUT2D eigenvalue weighted by Gasteiger charge is -2.19. The third kappa shape index (κ3) is 4.68. The molecule has 1 aromatic rings. The third-order valence-corrected chi connectivity index (χ3v) is 4.77. The largest absolute Gasteiger partial charge is 0.451 e. The zero-order valence-electron chi connectivity index (χ0n) is 16.9. The SMILES string of the molecule is CC[C@H](C)c1ccccc1NC(=O)[C@@H](C)OC(=O)CN1C(=O)NC(C)(C)C1=O. The van der Waals surface area contributed by atoms with Gasteiger partial charge in [0.25, 0.3) is 11.8 Å². The summed E-state index contributed by atoms with van der Waals surface area (Å²) in [5.74, 6) is -1.58. The van der Waals surface area contributed by atoms with Gasteiger partial charge in [-0.3, -0.25) is 19.3 Å². The number of amides is 4. The molecule has 152 valence electrons. The Morgan fingerprint density at radius 3 is 2.43 bits per heavy atom. The number of para-hydroxylation sites is 1. The average Bonchev–Trinajstić information content (AvgIpc) is 2.83. The van der Waals surface area contributed by atoms with Crippen LogP contribution in [-0.2, 0) is 19.1 Å². The van der Waals surface area contributed by atoms with Crippen LogP contribution >= 0.6 is 0 Å². The molecular weight excluding hydrogens is 362 g/mol. The van der Waals surface area contributed by atoms with Gasteiger partial charge >= 0.3 is 12.0 Å². The van der Waals surface area contributed by atoms with Crippen molar-refractivity contribution in [3.05, 3.63) is 29.8 Å². The van der Waals surface area contributed by atoms with E-state index >= 15 is 0 Å². The minimum Gasteiger partial charge on any atom is -0.451 e. The lowest BCUT2D eigenvalue weighted by Crippen LogP contribution is -2.42. The van der Waals surface area contributed by atoms with E-state index in [0.29, 0.717) is 5.69 Å². The maximum absolute atomic E-state index is 12.4. The van der Waals surface area contributed by atoms with Crippen molar-refractivity contribution in [1.82, 2.24) is 10.2 Å². The Bertz CT molecular complexity index is 790. The van der Waals surface area contributed by atoms with Crippen LogP contribution in [0.3, 0.4) is 0 Å². The Hall–Kier alpha value is -2.90. The van der Waals surface area contributed by atoms with E-state index in [1.54, 1.807) is 19.9 Å². The second-order valence-corrected chi connectivity index (χ2v) is 7.46. The van der Waals surface area contributed by atoms with E-state index in [1.807, 2.05) is 18.2 Å². The van der Waals surface area contributed by atoms with Crippen LogP contribution in [0.25, 0.3) is 0 Å². The molecule has 1 saturated heterocycles. The van der Waals surface area contributed by atoms with E-state index in [9.17, 15) is 19.2 Å². The molecular formula is C20H27N3O5. The highest BCUT2D eigenvalue weighted by atomic mass is 16.5. The molecule has 0 saturated carbocycles. The van der Waals surface area contributed by atoms with E-state index < -0.39 is 42.0 Å². The first-order valence-electron chi connectivity index (χ1n) is 9.30. The number of hydrogen-bond acceptors (Lipinski definition) is 5. The van der Waals surface area contributed by atoms with Crippen LogP contribution in [0.2, 0.25) is 0 Å². The van der Waals surface area contributed by atoms with Gasteiger partial charge in [0.1, 0.15) is 12.1 Å². The molecule has 28 heavy (non-hydrogen) atoms. The van der Waals surface area contributed by atoms with Crippen LogP contribution in [0.15, 0.2) is 24.3 Å². The van der Waals surface area contributed by atoms with Crippen LogP contribution in [-0.4, -0.2) is 46.9 Å². The minimum absolute atomic E-state index is 0.261. The lowest BCUT2D eigenvalue weighted by molar-refractivity contribution is -0.155. The number of ether oxygens (including phenoxy) is 1. The highest BCUT2D eigenvalue weighted by molar-refractivity contribution is 6.08. The standard InChI is InChI=1S/C20H27N3O5/c1-6-12(2)14-9-7-8-10-15(14)21-17(25)13(3)28-16(24)11-23-18(26)20(4,5)22-19(23)27/h7-10,12-13H,6,11H2,1-5H3,(H,21,25)(H,22,27)/t12-,13+/m0/s1. The van der Waals surface area contributed by atoms with Gasteiger partial charge in [0.05, 0.1) is 0 Å². The van der Waals surface area contributed by atoms with Gasteiger partial charge < -0.3 is 15.4 Å². The van der Waals surface area contributed by atoms with Crippen LogP contribution < -0.4 is 10.6 Å². The summed E-state index contributed by atoms with van der Waals surface area (Å²) in [6.07, 6.45) is -0.161. The van der Waals surface area contributed by atoms with Crippen molar-refractivity contribution in [2.75, 3.05) is 11.9 Å². The highest BCUT2D eigenvalue weighted by Crippen LogP contribution is 2.26. The molecule has 0 spiro atoms. The summed E-state index contributed by atoms with van der Waals surface area (Å²) < 4.78 is 5.11. The molecule has 1 aromatic carbocycles. The Labute approximate surface area is 164 Å². The molecule has 1 heterocycles. The topological polar surface area (TPSA) is 105 Å². The molecule has 1 fully saturated rings. The van der Waals surface area contributed by atoms with E-state index in [0.717, 1.165) is 16.9 Å². The van der Waals surface area contributed by atoms with Crippen LogP contribution in [0.1, 0.15) is 52.5 Å². The molecule has 8 heteroatoms. The monoisotopic (exact) mass is 389 g/mol. The minimum atomic E-state index is -1.08. The van der Waals surface area contributed by atoms with E-state index in [4.69, 9.17) is 4.74 Å². The van der Waals surface area contributed by atoms with Gasteiger partial charge in [-0.1, -0.05) is 32.0 Å². The smallest absolute Gasteiger partial charge is 0.327 e. The summed E-state index contributed by atoms with van der Waals surface area (Å²) in [7, 11) is 0. The van der Waals surface area contributed by atoms with Gasteiger partial charge in [0.2, 0.25) is 0 Å². The lowest BCUT2D eigenvalue weighted by atomic mass is 9.97. The number of benzene rings is 1. The first kappa shape index (κ1) is 21.4. The molecule has 0 aliphatic carbocycles. The molecule has 0 unspecified atom stereocenters. The fourth-order valence-electron chi connectivity index (χ4n) is 2.87. The summed E-state index contributed by atoms with van der Waals surface area (Å²) in [6, 6.07) is 6.80. The van der Waals surface area contributed by atoms with Crippen molar-refractivity contribution in [2.45, 2.75) is 58.6 Å². The normalized spacial score (nSPS) is 17.7. The number of nitrogens with one attached hydrogen (secondary N) is 2. The van der Waals surface area contributed by atoms with E-state index in [-0.39, 0.29) is 5.92 Å². The molecule has 2 rings (SSSR count). The van der Waals surface area contributed by atoms with Crippen LogP contribution in [0, 0.1) is 0 Å². The second-order valence-electron chi connectivity index (χ2n) is 7.46. The third-order valence-electron chi connectivity index (χ3n) is 4.77. The van der Waals surface area contributed by atoms with Crippen molar-refractivity contribution in [1.29, 1.82) is 0 Å². The predicted octanol–water partition coefficient (Wildman–Crippen LogP) is 2.40. The predicted molar refractivity (Wildman–Crippen MR) is 104 cm³/mol. The summed E-state index contributed by atoms with van der Waals surface area (Å²) in [6.45, 7) is 8.11. The molecule has 0 aromatic heterocycles. The first-order valence-corrected chi connectivity index (χ1v) is 9.30. The molecule has 4 amide bonds. The summed E-state index contributed by atoms with van der Waals surface area (Å²) in [5.41, 5.74) is 0.596. The number of imide groups is 1. The number of carbonyl (C=O) groups is 4. The molecule has 0 bridgehead atoms. The highest BCUT2D eigenvalue weighted by Gasteiger charge is 2.45. The van der Waals surface area contributed by atoms with Crippen LogP contribution in [0.5, 0.6) is 0 Å². The van der Waals surface area contributed by atoms with Gasteiger partial charge in [0, 0.05) is 5.69 Å². The van der Waals surface area contributed by atoms with Gasteiger partial charge in [0.15, 0.2) is 6.10 Å². The number of carbonyl (C=O) groups excluding carboxylic acids is 4. The van der Waals surface area contributed by atoms with Crippen molar-refractivity contribution in [2.24, 2.45) is 0 Å². The molecule has 2 N–H and O–H groups in total. The zero-order chi connectivity index (χ0) is 21.1. The summed E-state index contributed by atoms with van der Waals surface area (Å²) >= 11 is 0. The number of esters is 1.